The Hall–Kier alpha value is -4.06. The second kappa shape index (κ2) is 11.7. The van der Waals surface area contributed by atoms with Gasteiger partial charge in [0, 0.05) is 68.2 Å². The first-order chi connectivity index (χ1) is 21.7. The summed E-state index contributed by atoms with van der Waals surface area (Å²) in [6, 6.07) is 7.43. The lowest BCUT2D eigenvalue weighted by atomic mass is 9.69. The van der Waals surface area contributed by atoms with Gasteiger partial charge in [0.25, 0.3) is 0 Å². The molecule has 1 saturated carbocycles. The molecule has 2 aliphatic heterocycles. The SMILES string of the molecule is N#CC[C@]1(n2cc(-c3ncnc4[nH]ccc34)cn2)C[C@H](N2CCC(Nc3cc(CN4CC[C@@H](O)C4)cc(C(F)(F)F)n3)CC2)C1. The van der Waals surface area contributed by atoms with Crippen molar-refractivity contribution in [2.45, 2.75) is 75.0 Å². The van der Waals surface area contributed by atoms with Crippen LogP contribution in [0.25, 0.3) is 22.3 Å². The Morgan fingerprint density at radius 1 is 1.13 bits per heavy atom. The summed E-state index contributed by atoms with van der Waals surface area (Å²) in [6.45, 7) is 3.07. The van der Waals surface area contributed by atoms with Crippen molar-refractivity contribution >= 4 is 16.9 Å². The molecule has 11 nitrogen and oxygen atoms in total. The molecule has 0 unspecified atom stereocenters. The van der Waals surface area contributed by atoms with E-state index in [0.29, 0.717) is 44.1 Å². The number of β-amino-alcohol motifs (C(OH)–C–C–N with tert-alkyl or cyclic N) is 1. The normalized spacial score (nSPS) is 25.0. The first kappa shape index (κ1) is 29.6. The molecule has 4 aromatic heterocycles. The van der Waals surface area contributed by atoms with Gasteiger partial charge in [-0.3, -0.25) is 9.58 Å². The molecule has 0 radical (unpaired) electrons. The number of likely N-dealkylation sites (tertiary alicyclic amines) is 2. The van der Waals surface area contributed by atoms with Crippen molar-refractivity contribution in [1.82, 2.24) is 39.5 Å². The molecule has 6 heterocycles. The van der Waals surface area contributed by atoms with Crippen LogP contribution in [0.2, 0.25) is 0 Å². The number of H-pyrrole nitrogens is 1. The van der Waals surface area contributed by atoms with Crippen molar-refractivity contribution in [2.75, 3.05) is 31.5 Å². The molecule has 45 heavy (non-hydrogen) atoms. The van der Waals surface area contributed by atoms with E-state index in [9.17, 15) is 23.5 Å². The van der Waals surface area contributed by atoms with E-state index in [-0.39, 0.29) is 17.4 Å². The molecule has 1 atom stereocenters. The monoisotopic (exact) mass is 620 g/mol. The summed E-state index contributed by atoms with van der Waals surface area (Å²) in [6.07, 6.45) is 6.27. The van der Waals surface area contributed by atoms with E-state index in [4.69, 9.17) is 0 Å². The number of aromatic nitrogens is 6. The highest BCUT2D eigenvalue weighted by Gasteiger charge is 2.49. The summed E-state index contributed by atoms with van der Waals surface area (Å²) in [5.74, 6) is 0.241. The van der Waals surface area contributed by atoms with Gasteiger partial charge in [-0.1, -0.05) is 0 Å². The van der Waals surface area contributed by atoms with Crippen LogP contribution in [0.4, 0.5) is 19.0 Å². The highest BCUT2D eigenvalue weighted by molar-refractivity contribution is 5.90. The van der Waals surface area contributed by atoms with Gasteiger partial charge in [-0.25, -0.2) is 15.0 Å². The minimum absolute atomic E-state index is 0.00874. The van der Waals surface area contributed by atoms with Gasteiger partial charge in [0.15, 0.2) is 0 Å². The Kier molecular flexibility index (Phi) is 7.71. The number of piperidine rings is 1. The van der Waals surface area contributed by atoms with Crippen LogP contribution < -0.4 is 5.32 Å². The number of anilines is 1. The summed E-state index contributed by atoms with van der Waals surface area (Å²) < 4.78 is 43.0. The lowest BCUT2D eigenvalue weighted by molar-refractivity contribution is -0.141. The molecular weight excluding hydrogens is 585 g/mol. The maximum Gasteiger partial charge on any atom is 0.433 e. The van der Waals surface area contributed by atoms with Crippen molar-refractivity contribution in [3.63, 3.8) is 0 Å². The van der Waals surface area contributed by atoms with Gasteiger partial charge in [0.1, 0.15) is 23.5 Å². The van der Waals surface area contributed by atoms with E-state index in [1.54, 1.807) is 12.3 Å². The zero-order valence-electron chi connectivity index (χ0n) is 24.7. The Balaban J connectivity index is 0.982. The molecule has 0 amide bonds. The minimum atomic E-state index is -4.54. The molecule has 236 valence electrons. The predicted octanol–water partition coefficient (Wildman–Crippen LogP) is 4.15. The van der Waals surface area contributed by atoms with E-state index in [2.05, 4.69) is 41.3 Å². The number of nitriles is 1. The van der Waals surface area contributed by atoms with Crippen LogP contribution in [0.1, 0.15) is 49.8 Å². The molecule has 2 saturated heterocycles. The Morgan fingerprint density at radius 3 is 2.69 bits per heavy atom. The number of fused-ring (bicyclic) bond motifs is 1. The van der Waals surface area contributed by atoms with Crippen LogP contribution in [0, 0.1) is 11.3 Å². The third-order valence-corrected chi connectivity index (χ3v) is 9.56. The number of aromatic amines is 1. The first-order valence-electron chi connectivity index (χ1n) is 15.4. The summed E-state index contributed by atoms with van der Waals surface area (Å²) in [5, 5.41) is 28.4. The number of aliphatic hydroxyl groups is 1. The number of hydrogen-bond donors (Lipinski definition) is 3. The van der Waals surface area contributed by atoms with Crippen LogP contribution in [0.3, 0.4) is 0 Å². The lowest BCUT2D eigenvalue weighted by Gasteiger charge is -2.52. The third kappa shape index (κ3) is 5.99. The van der Waals surface area contributed by atoms with Crippen molar-refractivity contribution in [3.8, 4) is 17.3 Å². The lowest BCUT2D eigenvalue weighted by Crippen LogP contribution is -2.58. The van der Waals surface area contributed by atoms with Crippen LogP contribution in [0.15, 0.2) is 43.1 Å². The van der Waals surface area contributed by atoms with Gasteiger partial charge >= 0.3 is 6.18 Å². The molecule has 4 aromatic rings. The molecule has 7 rings (SSSR count). The second-order valence-electron chi connectivity index (χ2n) is 12.6. The quantitative estimate of drug-likeness (QED) is 0.266. The average Bonchev–Trinajstić information content (AvgIpc) is 3.76. The number of rotatable bonds is 8. The van der Waals surface area contributed by atoms with Crippen LogP contribution in [-0.2, 0) is 18.3 Å². The fourth-order valence-electron chi connectivity index (χ4n) is 7.17. The van der Waals surface area contributed by atoms with Gasteiger partial charge in [-0.2, -0.15) is 23.5 Å². The van der Waals surface area contributed by atoms with E-state index in [0.717, 1.165) is 67.1 Å². The molecule has 3 N–H and O–H groups in total. The maximum absolute atomic E-state index is 13.7. The number of nitrogens with zero attached hydrogens (tertiary/aromatic N) is 8. The van der Waals surface area contributed by atoms with Crippen LogP contribution in [-0.4, -0.2) is 89.0 Å². The second-order valence-corrected chi connectivity index (χ2v) is 12.6. The van der Waals surface area contributed by atoms with E-state index in [1.165, 1.54) is 6.33 Å². The number of halogens is 3. The molecule has 0 aromatic carbocycles. The summed E-state index contributed by atoms with van der Waals surface area (Å²) in [5.41, 5.74) is 1.67. The Bertz CT molecular complexity index is 1700. The van der Waals surface area contributed by atoms with Gasteiger partial charge in [0.05, 0.1) is 36.0 Å². The fraction of sp³-hybridized carbons (Fsp3) is 0.516. The molecule has 3 fully saturated rings. The number of aliphatic hydroxyl groups excluding tert-OH is 1. The van der Waals surface area contributed by atoms with Crippen molar-refractivity contribution < 1.29 is 18.3 Å². The highest BCUT2D eigenvalue weighted by atomic mass is 19.4. The van der Waals surface area contributed by atoms with Crippen molar-refractivity contribution in [3.05, 3.63) is 54.4 Å². The topological polar surface area (TPSA) is 135 Å². The van der Waals surface area contributed by atoms with Gasteiger partial charge in [-0.05, 0) is 55.9 Å². The smallest absolute Gasteiger partial charge is 0.392 e. The zero-order chi connectivity index (χ0) is 31.2. The Morgan fingerprint density at radius 2 is 1.96 bits per heavy atom. The molecule has 1 aliphatic carbocycles. The number of nitrogens with one attached hydrogen (secondary N) is 2. The number of hydrogen-bond acceptors (Lipinski definition) is 9. The highest BCUT2D eigenvalue weighted by Crippen LogP contribution is 2.45. The van der Waals surface area contributed by atoms with Gasteiger partial charge in [-0.15, -0.1) is 0 Å². The molecule has 0 spiro atoms. The molecule has 0 bridgehead atoms. The average molecular weight is 621 g/mol. The Labute approximate surface area is 258 Å². The van der Waals surface area contributed by atoms with Gasteiger partial charge in [0.2, 0.25) is 0 Å². The summed E-state index contributed by atoms with van der Waals surface area (Å²) in [4.78, 5) is 20.1. The first-order valence-corrected chi connectivity index (χ1v) is 15.4. The van der Waals surface area contributed by atoms with Crippen LogP contribution >= 0.6 is 0 Å². The number of alkyl halides is 3. The van der Waals surface area contributed by atoms with E-state index >= 15 is 0 Å². The third-order valence-electron chi connectivity index (χ3n) is 9.56. The standard InChI is InChI=1S/C31H35F3N10O/c32-31(33,34)26-11-20(16-42-8-4-24(45)18-42)12-27(41-26)40-22-2-9-43(10-3-22)23-13-30(14-23,5-6-35)44-17-21(15-39-44)28-25-1-7-36-29(25)38-19-37-28/h1,7,11-12,15,17,19,22-24,45H,2-5,8-10,13-14,16,18H2,(H,40,41)(H,36,37,38)/t23-,24-,30-/m1/s1. The zero-order valence-corrected chi connectivity index (χ0v) is 24.7. The molecular formula is C31H35F3N10O. The summed E-state index contributed by atoms with van der Waals surface area (Å²) >= 11 is 0. The van der Waals surface area contributed by atoms with Crippen molar-refractivity contribution in [1.29, 1.82) is 5.26 Å². The van der Waals surface area contributed by atoms with Crippen molar-refractivity contribution in [2.24, 2.45) is 0 Å². The molecule has 14 heteroatoms. The van der Waals surface area contributed by atoms with Crippen LogP contribution in [0.5, 0.6) is 0 Å². The fourth-order valence-corrected chi connectivity index (χ4v) is 7.17. The molecule has 3 aliphatic rings. The van der Waals surface area contributed by atoms with E-state index in [1.807, 2.05) is 28.0 Å². The minimum Gasteiger partial charge on any atom is -0.392 e. The largest absolute Gasteiger partial charge is 0.433 e. The number of pyridine rings is 1. The van der Waals surface area contributed by atoms with Gasteiger partial charge < -0.3 is 20.3 Å². The van der Waals surface area contributed by atoms with E-state index < -0.39 is 18.0 Å². The predicted molar refractivity (Wildman–Crippen MR) is 160 cm³/mol. The summed E-state index contributed by atoms with van der Waals surface area (Å²) in [7, 11) is 0. The maximum atomic E-state index is 13.7.